The van der Waals surface area contributed by atoms with E-state index in [9.17, 15) is 42.3 Å². The molecule has 0 aliphatic heterocycles. The van der Waals surface area contributed by atoms with E-state index in [2.05, 4.69) is 21.3 Å². The van der Waals surface area contributed by atoms with Crippen molar-refractivity contribution in [2.75, 3.05) is 19.6 Å². The zero-order valence-corrected chi connectivity index (χ0v) is 22.9. The van der Waals surface area contributed by atoms with Gasteiger partial charge in [-0.2, -0.15) is 13.2 Å². The van der Waals surface area contributed by atoms with Gasteiger partial charge in [0.05, 0.1) is 0 Å². The average molecular weight is 608 g/mol. The van der Waals surface area contributed by atoms with Crippen LogP contribution in [0.2, 0.25) is 0 Å². The third-order valence-corrected chi connectivity index (χ3v) is 5.08. The van der Waals surface area contributed by atoms with Crippen molar-refractivity contribution < 1.29 is 56.9 Å². The maximum atomic E-state index is 12.1. The first-order valence-electron chi connectivity index (χ1n) is 12.7. The van der Waals surface area contributed by atoms with E-state index in [1.54, 1.807) is 24.3 Å². The van der Waals surface area contributed by atoms with Crippen LogP contribution in [0.15, 0.2) is 30.3 Å². The number of aliphatic carboxylic acids is 2. The second-order valence-corrected chi connectivity index (χ2v) is 8.62. The molecule has 1 rings (SSSR count). The summed E-state index contributed by atoms with van der Waals surface area (Å²) in [7, 11) is 0. The molecule has 0 saturated heterocycles. The van der Waals surface area contributed by atoms with E-state index in [1.807, 2.05) is 6.07 Å². The van der Waals surface area contributed by atoms with Crippen LogP contribution in [-0.4, -0.2) is 83.9 Å². The minimum atomic E-state index is -5.08. The Hall–Kier alpha value is -4.41. The number of carbonyl (C=O) groups is 6. The lowest BCUT2D eigenvalue weighted by atomic mass is 10.1. The molecule has 0 heterocycles. The van der Waals surface area contributed by atoms with E-state index < -0.39 is 36.3 Å². The van der Waals surface area contributed by atoms with E-state index in [1.165, 1.54) is 6.92 Å². The molecule has 8 N–H and O–H groups in total. The summed E-state index contributed by atoms with van der Waals surface area (Å²) in [6, 6.07) is 6.98. The first kappa shape index (κ1) is 37.6. The molecule has 0 spiro atoms. The normalized spacial score (nSPS) is 11.9. The summed E-state index contributed by atoms with van der Waals surface area (Å²) in [5.41, 5.74) is 6.12. The average Bonchev–Trinajstić information content (AvgIpc) is 2.91. The summed E-state index contributed by atoms with van der Waals surface area (Å²) < 4.78 is 36.8. The van der Waals surface area contributed by atoms with Crippen molar-refractivity contribution in [3.8, 4) is 0 Å². The minimum absolute atomic E-state index is 0.00300. The highest BCUT2D eigenvalue weighted by Gasteiger charge is 2.38. The predicted octanol–water partition coefficient (Wildman–Crippen LogP) is 0.646. The fraction of sp³-hybridized carbons (Fsp3) is 0.520. The van der Waals surface area contributed by atoms with Gasteiger partial charge >= 0.3 is 24.2 Å². The number of hydrogen-bond donors (Lipinski definition) is 7. The van der Waals surface area contributed by atoms with Crippen LogP contribution in [0.25, 0.3) is 0 Å². The van der Waals surface area contributed by atoms with Crippen LogP contribution in [0.1, 0.15) is 44.6 Å². The number of carbonyl (C=O) groups excluding carboxylic acids is 4. The lowest BCUT2D eigenvalue weighted by Gasteiger charge is -2.17. The van der Waals surface area contributed by atoms with E-state index in [0.29, 0.717) is 32.4 Å². The number of halogens is 3. The second kappa shape index (κ2) is 20.5. The first-order chi connectivity index (χ1) is 19.7. The molecule has 0 unspecified atom stereocenters. The number of rotatable bonds is 16. The highest BCUT2D eigenvalue weighted by atomic mass is 19.4. The molecule has 14 nitrogen and oxygen atoms in total. The Bertz CT molecular complexity index is 1030. The molecule has 1 aromatic rings. The van der Waals surface area contributed by atoms with Crippen LogP contribution in [-0.2, 0) is 35.3 Å². The molecule has 0 aliphatic rings. The Kier molecular flexibility index (Phi) is 18.3. The number of nitrogens with one attached hydrogen (secondary N) is 4. The number of alkyl carbamates (subject to hydrolysis) is 1. The highest BCUT2D eigenvalue weighted by molar-refractivity contribution is 5.86. The maximum absolute atomic E-state index is 12.1. The van der Waals surface area contributed by atoms with Crippen molar-refractivity contribution in [3.05, 3.63) is 35.9 Å². The van der Waals surface area contributed by atoms with Gasteiger partial charge in [0.2, 0.25) is 17.7 Å². The van der Waals surface area contributed by atoms with Gasteiger partial charge in [-0.15, -0.1) is 0 Å². The zero-order valence-electron chi connectivity index (χ0n) is 22.9. The number of carboxylic acids is 2. The molecule has 1 aromatic carbocycles. The number of benzene rings is 1. The van der Waals surface area contributed by atoms with Gasteiger partial charge in [-0.05, 0) is 31.2 Å². The van der Waals surface area contributed by atoms with Gasteiger partial charge in [0, 0.05) is 33.0 Å². The van der Waals surface area contributed by atoms with Gasteiger partial charge in [-0.1, -0.05) is 30.3 Å². The molecule has 0 saturated carbocycles. The Morgan fingerprint density at radius 1 is 0.905 bits per heavy atom. The lowest BCUT2D eigenvalue weighted by molar-refractivity contribution is -0.192. The van der Waals surface area contributed by atoms with Crippen LogP contribution in [0.3, 0.4) is 0 Å². The summed E-state index contributed by atoms with van der Waals surface area (Å²) >= 11 is 0. The summed E-state index contributed by atoms with van der Waals surface area (Å²) in [5, 5.41) is 26.6. The summed E-state index contributed by atoms with van der Waals surface area (Å²) in [6.45, 7) is 2.24. The summed E-state index contributed by atoms with van der Waals surface area (Å²) in [4.78, 5) is 67.6. The third kappa shape index (κ3) is 18.8. The molecule has 0 aliphatic carbocycles. The Morgan fingerprint density at radius 3 is 2.05 bits per heavy atom. The number of nitrogens with two attached hydrogens (primary N) is 1. The minimum Gasteiger partial charge on any atom is -0.480 e. The van der Waals surface area contributed by atoms with Crippen LogP contribution in [0, 0.1) is 0 Å². The molecule has 2 atom stereocenters. The summed E-state index contributed by atoms with van der Waals surface area (Å²) in [6.07, 6.45) is -4.67. The van der Waals surface area contributed by atoms with Gasteiger partial charge in [-0.3, -0.25) is 14.4 Å². The van der Waals surface area contributed by atoms with Gasteiger partial charge in [0.1, 0.15) is 18.7 Å². The van der Waals surface area contributed by atoms with Gasteiger partial charge in [0.25, 0.3) is 0 Å². The maximum Gasteiger partial charge on any atom is 0.490 e. The smallest absolute Gasteiger partial charge is 0.480 e. The van der Waals surface area contributed by atoms with Crippen molar-refractivity contribution in [1.82, 2.24) is 21.3 Å². The largest absolute Gasteiger partial charge is 0.490 e. The van der Waals surface area contributed by atoms with Crippen LogP contribution >= 0.6 is 0 Å². The zero-order chi connectivity index (χ0) is 32.1. The molecule has 0 aromatic heterocycles. The molecular weight excluding hydrogens is 571 g/mol. The van der Waals surface area contributed by atoms with Gasteiger partial charge in [0.15, 0.2) is 0 Å². The quantitative estimate of drug-likeness (QED) is 0.130. The molecule has 0 radical (unpaired) electrons. The van der Waals surface area contributed by atoms with E-state index in [-0.39, 0.29) is 43.7 Å². The predicted molar refractivity (Wildman–Crippen MR) is 141 cm³/mol. The summed E-state index contributed by atoms with van der Waals surface area (Å²) in [5.74, 6) is -5.03. The molecule has 42 heavy (non-hydrogen) atoms. The first-order valence-corrected chi connectivity index (χ1v) is 12.7. The lowest BCUT2D eigenvalue weighted by Crippen LogP contribution is -2.47. The molecule has 236 valence electrons. The topological polar surface area (TPSA) is 226 Å². The van der Waals surface area contributed by atoms with Crippen molar-refractivity contribution in [1.29, 1.82) is 0 Å². The van der Waals surface area contributed by atoms with Crippen LogP contribution in [0.5, 0.6) is 0 Å². The molecule has 17 heteroatoms. The van der Waals surface area contributed by atoms with Gasteiger partial charge < -0.3 is 42.0 Å². The third-order valence-electron chi connectivity index (χ3n) is 5.08. The van der Waals surface area contributed by atoms with E-state index in [0.717, 1.165) is 5.56 Å². The van der Waals surface area contributed by atoms with Gasteiger partial charge in [-0.25, -0.2) is 14.4 Å². The van der Waals surface area contributed by atoms with E-state index >= 15 is 0 Å². The molecule has 0 bridgehead atoms. The fourth-order valence-electron chi connectivity index (χ4n) is 3.06. The van der Waals surface area contributed by atoms with Crippen molar-refractivity contribution in [2.45, 2.75) is 63.9 Å². The van der Waals surface area contributed by atoms with Crippen LogP contribution < -0.4 is 27.0 Å². The number of ether oxygens (including phenoxy) is 1. The second-order valence-electron chi connectivity index (χ2n) is 8.62. The Morgan fingerprint density at radius 2 is 1.52 bits per heavy atom. The fourth-order valence-corrected chi connectivity index (χ4v) is 3.06. The number of alkyl halides is 3. The monoisotopic (exact) mass is 607 g/mol. The standard InChI is InChI=1S/C23H35N5O7.C2HF3O2/c1-16(29)27-18(21(31)26-14-12-24)9-5-6-13-25-20(30)11-10-19(22(32)33)28-23(34)35-15-17-7-3-2-4-8-17;3-2(4,5)1(6)7/h2-4,7-8,18-19H,5-6,9-15,24H2,1H3,(H,25,30)(H,26,31)(H,27,29)(H,28,34)(H,32,33);(H,6,7)/t18-,19-;/m0./s1. The number of amides is 4. The number of carboxylic acid groups (broad SMARTS) is 2. The Balaban J connectivity index is 0.00000212. The molecular formula is C25H36F3N5O9. The van der Waals surface area contributed by atoms with Crippen molar-refractivity contribution >= 4 is 35.8 Å². The van der Waals surface area contributed by atoms with E-state index in [4.69, 9.17) is 20.4 Å². The SMILES string of the molecule is CC(=O)N[C@@H](CCCCNC(=O)CC[C@H](NC(=O)OCc1ccccc1)C(=O)O)C(=O)NCCN.O=C(O)C(F)(F)F. The van der Waals surface area contributed by atoms with Crippen molar-refractivity contribution in [3.63, 3.8) is 0 Å². The highest BCUT2D eigenvalue weighted by Crippen LogP contribution is 2.13. The van der Waals surface area contributed by atoms with Crippen molar-refractivity contribution in [2.24, 2.45) is 5.73 Å². The molecule has 0 fully saturated rings. The van der Waals surface area contributed by atoms with Crippen LogP contribution in [0.4, 0.5) is 18.0 Å². The number of hydrogen-bond acceptors (Lipinski definition) is 8. The molecule has 4 amide bonds. The Labute approximate surface area is 239 Å². The number of unbranched alkanes of at least 4 members (excludes halogenated alkanes) is 1.